The first kappa shape index (κ1) is 21.9. The standard InChI is InChI=1S/C29H23ClN2O2/c1-31(29(34)25-11-5-6-12-26(25)30)24-16-14-20(15-17-24)28(33)32-19-23-10-3-2-8-21(23)18-22-9-4-7-13-27(22)32/h2-17H,18-19H2,1H3. The van der Waals surface area contributed by atoms with Crippen molar-refractivity contribution in [3.05, 3.63) is 130 Å². The van der Waals surface area contributed by atoms with Crippen LogP contribution in [0.25, 0.3) is 0 Å². The summed E-state index contributed by atoms with van der Waals surface area (Å²) < 4.78 is 0. The Kier molecular flexibility index (Phi) is 5.91. The third-order valence-corrected chi connectivity index (χ3v) is 6.60. The van der Waals surface area contributed by atoms with E-state index in [1.807, 2.05) is 35.2 Å². The summed E-state index contributed by atoms with van der Waals surface area (Å²) in [6, 6.07) is 30.4. The number of benzene rings is 4. The summed E-state index contributed by atoms with van der Waals surface area (Å²) in [6.07, 6.45) is 0.796. The molecule has 2 amide bonds. The van der Waals surface area contributed by atoms with Gasteiger partial charge in [0.1, 0.15) is 0 Å². The minimum Gasteiger partial charge on any atom is -0.311 e. The summed E-state index contributed by atoms with van der Waals surface area (Å²) >= 11 is 6.20. The molecule has 0 radical (unpaired) electrons. The minimum absolute atomic E-state index is 0.0733. The number of hydrogen-bond donors (Lipinski definition) is 0. The fourth-order valence-electron chi connectivity index (χ4n) is 4.37. The van der Waals surface area contributed by atoms with Gasteiger partial charge in [-0.3, -0.25) is 9.59 Å². The van der Waals surface area contributed by atoms with Gasteiger partial charge < -0.3 is 9.80 Å². The van der Waals surface area contributed by atoms with Gasteiger partial charge in [0, 0.05) is 24.0 Å². The monoisotopic (exact) mass is 466 g/mol. The largest absolute Gasteiger partial charge is 0.311 e. The second-order valence-corrected chi connectivity index (χ2v) is 8.76. The van der Waals surface area contributed by atoms with E-state index in [9.17, 15) is 9.59 Å². The minimum atomic E-state index is -0.206. The van der Waals surface area contributed by atoms with Crippen LogP contribution in [-0.2, 0) is 13.0 Å². The van der Waals surface area contributed by atoms with Gasteiger partial charge in [-0.25, -0.2) is 0 Å². The topological polar surface area (TPSA) is 40.6 Å². The van der Waals surface area contributed by atoms with Gasteiger partial charge in [-0.2, -0.15) is 0 Å². The molecule has 0 saturated heterocycles. The SMILES string of the molecule is CN(C(=O)c1ccccc1Cl)c1ccc(C(=O)N2Cc3ccccc3Cc3ccccc32)cc1. The molecule has 0 atom stereocenters. The van der Waals surface area contributed by atoms with Crippen LogP contribution in [0.15, 0.2) is 97.1 Å². The number of rotatable bonds is 3. The number of carbonyl (C=O) groups excluding carboxylic acids is 2. The number of amides is 2. The highest BCUT2D eigenvalue weighted by Gasteiger charge is 2.25. The van der Waals surface area contributed by atoms with Crippen molar-refractivity contribution >= 4 is 34.8 Å². The molecule has 4 aromatic rings. The lowest BCUT2D eigenvalue weighted by atomic mass is 10.0. The molecule has 4 aromatic carbocycles. The Hall–Kier alpha value is -3.89. The molecule has 0 fully saturated rings. The van der Waals surface area contributed by atoms with Crippen LogP contribution in [0.2, 0.25) is 5.02 Å². The zero-order chi connectivity index (χ0) is 23.7. The maximum Gasteiger partial charge on any atom is 0.259 e. The van der Waals surface area contributed by atoms with E-state index in [4.69, 9.17) is 11.6 Å². The normalized spacial score (nSPS) is 12.4. The molecule has 168 valence electrons. The molecule has 5 rings (SSSR count). The van der Waals surface area contributed by atoms with Gasteiger partial charge in [0.25, 0.3) is 11.8 Å². The van der Waals surface area contributed by atoms with E-state index in [1.165, 1.54) is 10.5 Å². The lowest BCUT2D eigenvalue weighted by molar-refractivity contribution is 0.0981. The van der Waals surface area contributed by atoms with Crippen molar-refractivity contribution in [3.8, 4) is 0 Å². The predicted molar refractivity (Wildman–Crippen MR) is 137 cm³/mol. The second kappa shape index (κ2) is 9.16. The van der Waals surface area contributed by atoms with E-state index in [0.29, 0.717) is 28.4 Å². The van der Waals surface area contributed by atoms with Crippen molar-refractivity contribution < 1.29 is 9.59 Å². The molecule has 1 aliphatic heterocycles. The first-order chi connectivity index (χ1) is 16.5. The number of nitrogens with zero attached hydrogens (tertiary/aromatic N) is 2. The van der Waals surface area contributed by atoms with Crippen molar-refractivity contribution in [1.29, 1.82) is 0 Å². The molecular formula is C29H23ClN2O2. The quantitative estimate of drug-likeness (QED) is 0.352. The Bertz CT molecular complexity index is 1380. The molecule has 34 heavy (non-hydrogen) atoms. The zero-order valence-corrected chi connectivity index (χ0v) is 19.5. The highest BCUT2D eigenvalue weighted by molar-refractivity contribution is 6.34. The molecule has 0 saturated carbocycles. The molecule has 5 heteroatoms. The van der Waals surface area contributed by atoms with E-state index in [-0.39, 0.29) is 11.8 Å². The Morgan fingerprint density at radius 2 is 1.38 bits per heavy atom. The van der Waals surface area contributed by atoms with Crippen molar-refractivity contribution in [1.82, 2.24) is 0 Å². The second-order valence-electron chi connectivity index (χ2n) is 8.36. The highest BCUT2D eigenvalue weighted by atomic mass is 35.5. The van der Waals surface area contributed by atoms with Crippen LogP contribution in [0, 0.1) is 0 Å². The third kappa shape index (κ3) is 4.09. The van der Waals surface area contributed by atoms with Crippen LogP contribution in [-0.4, -0.2) is 18.9 Å². The van der Waals surface area contributed by atoms with Crippen LogP contribution in [0.3, 0.4) is 0 Å². The molecule has 0 N–H and O–H groups in total. The van der Waals surface area contributed by atoms with E-state index < -0.39 is 0 Å². The van der Waals surface area contributed by atoms with Crippen LogP contribution >= 0.6 is 11.6 Å². The summed E-state index contributed by atoms with van der Waals surface area (Å²) in [5.74, 6) is -0.279. The first-order valence-electron chi connectivity index (χ1n) is 11.1. The Morgan fingerprint density at radius 3 is 2.12 bits per heavy atom. The summed E-state index contributed by atoms with van der Waals surface area (Å²) in [5, 5.41) is 0.409. The van der Waals surface area contributed by atoms with Gasteiger partial charge in [-0.05, 0) is 65.6 Å². The molecule has 0 aromatic heterocycles. The lowest BCUT2D eigenvalue weighted by Gasteiger charge is -2.24. The predicted octanol–water partition coefficient (Wildman–Crippen LogP) is 6.37. The maximum absolute atomic E-state index is 13.6. The summed E-state index contributed by atoms with van der Waals surface area (Å²) in [6.45, 7) is 0.513. The molecule has 0 bridgehead atoms. The zero-order valence-electron chi connectivity index (χ0n) is 18.7. The van der Waals surface area contributed by atoms with Crippen molar-refractivity contribution in [3.63, 3.8) is 0 Å². The van der Waals surface area contributed by atoms with Crippen LogP contribution in [0.4, 0.5) is 11.4 Å². The molecule has 0 spiro atoms. The molecule has 1 aliphatic rings. The Balaban J connectivity index is 1.43. The van der Waals surface area contributed by atoms with Crippen molar-refractivity contribution in [2.75, 3.05) is 16.8 Å². The molecule has 0 unspecified atom stereocenters. The Morgan fingerprint density at radius 1 is 0.765 bits per heavy atom. The van der Waals surface area contributed by atoms with E-state index in [1.54, 1.807) is 55.6 Å². The lowest BCUT2D eigenvalue weighted by Crippen LogP contribution is -2.30. The summed E-state index contributed by atoms with van der Waals surface area (Å²) in [7, 11) is 1.70. The van der Waals surface area contributed by atoms with Gasteiger partial charge in [-0.1, -0.05) is 66.2 Å². The van der Waals surface area contributed by atoms with Gasteiger partial charge in [0.05, 0.1) is 17.1 Å². The van der Waals surface area contributed by atoms with Crippen molar-refractivity contribution in [2.24, 2.45) is 0 Å². The number of para-hydroxylation sites is 1. The Labute approximate surface area is 204 Å². The van der Waals surface area contributed by atoms with E-state index >= 15 is 0 Å². The van der Waals surface area contributed by atoms with Gasteiger partial charge in [-0.15, -0.1) is 0 Å². The average molecular weight is 467 g/mol. The molecule has 4 nitrogen and oxygen atoms in total. The van der Waals surface area contributed by atoms with Crippen LogP contribution < -0.4 is 9.80 Å². The van der Waals surface area contributed by atoms with Gasteiger partial charge >= 0.3 is 0 Å². The molecular weight excluding hydrogens is 444 g/mol. The number of carbonyl (C=O) groups is 2. The summed E-state index contributed by atoms with van der Waals surface area (Å²) in [4.78, 5) is 29.9. The summed E-state index contributed by atoms with van der Waals surface area (Å²) in [5.41, 5.74) is 6.13. The third-order valence-electron chi connectivity index (χ3n) is 6.27. The van der Waals surface area contributed by atoms with Crippen molar-refractivity contribution in [2.45, 2.75) is 13.0 Å². The maximum atomic E-state index is 13.6. The molecule has 1 heterocycles. The highest BCUT2D eigenvalue weighted by Crippen LogP contribution is 2.32. The fraction of sp³-hybridized carbons (Fsp3) is 0.103. The number of hydrogen-bond acceptors (Lipinski definition) is 2. The van der Waals surface area contributed by atoms with Gasteiger partial charge in [0.15, 0.2) is 0 Å². The smallest absolute Gasteiger partial charge is 0.259 e. The number of halogens is 1. The van der Waals surface area contributed by atoms with Gasteiger partial charge in [0.2, 0.25) is 0 Å². The van der Waals surface area contributed by atoms with E-state index in [0.717, 1.165) is 23.2 Å². The fourth-order valence-corrected chi connectivity index (χ4v) is 4.58. The molecule has 0 aliphatic carbocycles. The van der Waals surface area contributed by atoms with Crippen LogP contribution in [0.5, 0.6) is 0 Å². The van der Waals surface area contributed by atoms with Crippen LogP contribution in [0.1, 0.15) is 37.4 Å². The average Bonchev–Trinajstić information content (AvgIpc) is 3.04. The number of anilines is 2. The first-order valence-corrected chi connectivity index (χ1v) is 11.5. The number of fused-ring (bicyclic) bond motifs is 2. The van der Waals surface area contributed by atoms with E-state index in [2.05, 4.69) is 18.2 Å².